The number of rotatable bonds is 9. The first-order valence-electron chi connectivity index (χ1n) is 8.22. The van der Waals surface area contributed by atoms with E-state index in [1.807, 2.05) is 6.92 Å². The molecule has 1 aromatic heterocycles. The van der Waals surface area contributed by atoms with E-state index >= 15 is 0 Å². The SMILES string of the molecule is CCNC(=NCc1nccn1C(F)F)NCCCOC1CCOC1.I. The topological polar surface area (TPSA) is 72.7 Å². The van der Waals surface area contributed by atoms with Crippen molar-refractivity contribution in [2.75, 3.05) is 32.9 Å². The smallest absolute Gasteiger partial charge is 0.319 e. The summed E-state index contributed by atoms with van der Waals surface area (Å²) in [6.45, 7) is 2.89. The van der Waals surface area contributed by atoms with Crippen LogP contribution in [-0.4, -0.2) is 54.5 Å². The van der Waals surface area contributed by atoms with Crippen molar-refractivity contribution in [1.29, 1.82) is 0 Å². The second kappa shape index (κ2) is 12.4. The van der Waals surface area contributed by atoms with Crippen molar-refractivity contribution in [3.8, 4) is 0 Å². The highest BCUT2D eigenvalue weighted by molar-refractivity contribution is 14.0. The van der Waals surface area contributed by atoms with Crippen molar-refractivity contribution in [2.45, 2.75) is 39.0 Å². The van der Waals surface area contributed by atoms with E-state index in [0.29, 0.717) is 32.3 Å². The lowest BCUT2D eigenvalue weighted by Gasteiger charge is -2.13. The molecule has 1 saturated heterocycles. The molecule has 1 aromatic rings. The van der Waals surface area contributed by atoms with Crippen LogP contribution in [0.3, 0.4) is 0 Å². The Morgan fingerprint density at radius 3 is 3.04 bits per heavy atom. The monoisotopic (exact) mass is 473 g/mol. The van der Waals surface area contributed by atoms with Gasteiger partial charge < -0.3 is 20.1 Å². The Bertz CT molecular complexity index is 510. The van der Waals surface area contributed by atoms with Gasteiger partial charge in [-0.25, -0.2) is 9.98 Å². The lowest BCUT2D eigenvalue weighted by molar-refractivity contribution is 0.0420. The minimum absolute atomic E-state index is 0. The third kappa shape index (κ3) is 7.82. The van der Waals surface area contributed by atoms with Gasteiger partial charge in [0.05, 0.1) is 12.7 Å². The summed E-state index contributed by atoms with van der Waals surface area (Å²) in [6.07, 6.45) is 4.59. The molecule has 0 aromatic carbocycles. The van der Waals surface area contributed by atoms with Gasteiger partial charge in [-0.15, -0.1) is 24.0 Å². The molecule has 1 atom stereocenters. The predicted octanol–water partition coefficient (Wildman–Crippen LogP) is 2.15. The van der Waals surface area contributed by atoms with Crippen LogP contribution in [0, 0.1) is 0 Å². The summed E-state index contributed by atoms with van der Waals surface area (Å²) < 4.78 is 37.3. The molecule has 10 heteroatoms. The van der Waals surface area contributed by atoms with E-state index in [0.717, 1.165) is 24.0 Å². The van der Waals surface area contributed by atoms with Gasteiger partial charge in [0.1, 0.15) is 12.4 Å². The van der Waals surface area contributed by atoms with Crippen molar-refractivity contribution in [3.05, 3.63) is 18.2 Å². The summed E-state index contributed by atoms with van der Waals surface area (Å²) in [5.74, 6) is 0.803. The molecule has 0 radical (unpaired) electrons. The van der Waals surface area contributed by atoms with Crippen molar-refractivity contribution in [3.63, 3.8) is 0 Å². The second-order valence-corrected chi connectivity index (χ2v) is 5.36. The van der Waals surface area contributed by atoms with Crippen molar-refractivity contribution in [2.24, 2.45) is 4.99 Å². The molecular formula is C15H26F2IN5O2. The Labute approximate surface area is 163 Å². The van der Waals surface area contributed by atoms with Crippen LogP contribution in [-0.2, 0) is 16.0 Å². The van der Waals surface area contributed by atoms with Crippen LogP contribution >= 0.6 is 24.0 Å². The zero-order valence-electron chi connectivity index (χ0n) is 14.3. The third-order valence-corrected chi connectivity index (χ3v) is 3.54. The number of hydrogen-bond acceptors (Lipinski definition) is 4. The molecule has 2 heterocycles. The van der Waals surface area contributed by atoms with E-state index in [1.54, 1.807) is 0 Å². The molecule has 1 unspecified atom stereocenters. The Balaban J connectivity index is 0.00000312. The molecule has 1 fully saturated rings. The molecule has 0 amide bonds. The highest BCUT2D eigenvalue weighted by Gasteiger charge is 2.15. The number of nitrogens with one attached hydrogen (secondary N) is 2. The molecule has 0 saturated carbocycles. The number of imidazole rings is 1. The van der Waals surface area contributed by atoms with E-state index < -0.39 is 6.55 Å². The van der Waals surface area contributed by atoms with Gasteiger partial charge in [0.25, 0.3) is 0 Å². The van der Waals surface area contributed by atoms with E-state index in [1.165, 1.54) is 12.4 Å². The van der Waals surface area contributed by atoms with Crippen LogP contribution in [0.25, 0.3) is 0 Å². The lowest BCUT2D eigenvalue weighted by Crippen LogP contribution is -2.38. The maximum atomic E-state index is 12.8. The summed E-state index contributed by atoms with van der Waals surface area (Å²) in [7, 11) is 0. The second-order valence-electron chi connectivity index (χ2n) is 5.36. The number of alkyl halides is 2. The summed E-state index contributed by atoms with van der Waals surface area (Å²) in [5.41, 5.74) is 0. The summed E-state index contributed by atoms with van der Waals surface area (Å²) >= 11 is 0. The van der Waals surface area contributed by atoms with Crippen LogP contribution in [0.1, 0.15) is 32.1 Å². The molecule has 7 nitrogen and oxygen atoms in total. The van der Waals surface area contributed by atoms with Gasteiger partial charge in [-0.1, -0.05) is 0 Å². The number of aliphatic imine (C=N–C) groups is 1. The standard InChI is InChI=1S/C15H25F2N5O2.HI/c1-2-18-15(20-5-3-8-24-12-4-9-23-11-12)21-10-13-19-6-7-22(13)14(16)17;/h6-7,12,14H,2-5,8-11H2,1H3,(H2,18,20,21);1H. The third-order valence-electron chi connectivity index (χ3n) is 3.54. The van der Waals surface area contributed by atoms with Gasteiger partial charge in [0.2, 0.25) is 0 Å². The van der Waals surface area contributed by atoms with Crippen LogP contribution in [0.2, 0.25) is 0 Å². The molecule has 0 spiro atoms. The minimum Gasteiger partial charge on any atom is -0.379 e. The van der Waals surface area contributed by atoms with Crippen molar-refractivity contribution in [1.82, 2.24) is 20.2 Å². The first kappa shape index (κ1) is 22.0. The van der Waals surface area contributed by atoms with E-state index in [9.17, 15) is 8.78 Å². The summed E-state index contributed by atoms with van der Waals surface area (Å²) in [5, 5.41) is 6.24. The fraction of sp³-hybridized carbons (Fsp3) is 0.733. The van der Waals surface area contributed by atoms with Gasteiger partial charge in [0, 0.05) is 38.7 Å². The highest BCUT2D eigenvalue weighted by Crippen LogP contribution is 2.12. The van der Waals surface area contributed by atoms with E-state index in [2.05, 4.69) is 20.6 Å². The largest absolute Gasteiger partial charge is 0.379 e. The maximum absolute atomic E-state index is 12.8. The highest BCUT2D eigenvalue weighted by atomic mass is 127. The normalized spacial score (nSPS) is 17.6. The van der Waals surface area contributed by atoms with Gasteiger partial charge in [-0.05, 0) is 19.8 Å². The van der Waals surface area contributed by atoms with Crippen molar-refractivity contribution < 1.29 is 18.3 Å². The van der Waals surface area contributed by atoms with Crippen LogP contribution in [0.15, 0.2) is 17.4 Å². The Kier molecular flexibility index (Phi) is 10.9. The first-order valence-corrected chi connectivity index (χ1v) is 8.22. The number of hydrogen-bond donors (Lipinski definition) is 2. The van der Waals surface area contributed by atoms with Gasteiger partial charge in [-0.2, -0.15) is 8.78 Å². The zero-order chi connectivity index (χ0) is 17.2. The molecule has 1 aliphatic heterocycles. The first-order chi connectivity index (χ1) is 11.7. The average Bonchev–Trinajstić information content (AvgIpc) is 3.23. The van der Waals surface area contributed by atoms with Gasteiger partial charge >= 0.3 is 6.55 Å². The molecule has 1 aliphatic rings. The quantitative estimate of drug-likeness (QED) is 0.249. The molecule has 144 valence electrons. The molecule has 25 heavy (non-hydrogen) atoms. The lowest BCUT2D eigenvalue weighted by atomic mass is 10.3. The minimum atomic E-state index is -2.61. The fourth-order valence-electron chi connectivity index (χ4n) is 2.31. The predicted molar refractivity (Wildman–Crippen MR) is 102 cm³/mol. The molecule has 2 rings (SSSR count). The average molecular weight is 473 g/mol. The van der Waals surface area contributed by atoms with Crippen molar-refractivity contribution >= 4 is 29.9 Å². The van der Waals surface area contributed by atoms with Gasteiger partial charge in [-0.3, -0.25) is 4.57 Å². The van der Waals surface area contributed by atoms with E-state index in [4.69, 9.17) is 9.47 Å². The Morgan fingerprint density at radius 1 is 1.52 bits per heavy atom. The molecule has 0 aliphatic carbocycles. The zero-order valence-corrected chi connectivity index (χ0v) is 16.6. The summed E-state index contributed by atoms with van der Waals surface area (Å²) in [4.78, 5) is 8.20. The van der Waals surface area contributed by atoms with Crippen LogP contribution in [0.4, 0.5) is 8.78 Å². The van der Waals surface area contributed by atoms with Crippen LogP contribution < -0.4 is 10.6 Å². The van der Waals surface area contributed by atoms with Gasteiger partial charge in [0.15, 0.2) is 5.96 Å². The molecule has 0 bridgehead atoms. The number of guanidine groups is 1. The number of halogens is 3. The molecule has 2 N–H and O–H groups in total. The molecular weight excluding hydrogens is 447 g/mol. The Hall–Kier alpha value is -1.01. The maximum Gasteiger partial charge on any atom is 0.319 e. The Morgan fingerprint density at radius 2 is 2.36 bits per heavy atom. The number of aromatic nitrogens is 2. The number of ether oxygens (including phenoxy) is 2. The fourth-order valence-corrected chi connectivity index (χ4v) is 2.31. The summed E-state index contributed by atoms with van der Waals surface area (Å²) in [6, 6.07) is 0. The number of nitrogens with zero attached hydrogens (tertiary/aromatic N) is 3. The van der Waals surface area contributed by atoms with Crippen LogP contribution in [0.5, 0.6) is 0 Å². The van der Waals surface area contributed by atoms with E-state index in [-0.39, 0.29) is 42.4 Å².